The van der Waals surface area contributed by atoms with Crippen LogP contribution in [0.5, 0.6) is 0 Å². The van der Waals surface area contributed by atoms with Crippen LogP contribution < -0.4 is 0 Å². The Hall–Kier alpha value is -2.56. The molecule has 0 atom stereocenters. The third-order valence-electron chi connectivity index (χ3n) is 3.72. The van der Waals surface area contributed by atoms with Crippen LogP contribution in [-0.4, -0.2) is 15.6 Å². The number of hydrogen-bond donors (Lipinski definition) is 1. The third kappa shape index (κ3) is 3.36. The van der Waals surface area contributed by atoms with Gasteiger partial charge in [0, 0.05) is 24.8 Å². The number of non-ortho nitro benzene ring substituents is 1. The Bertz CT molecular complexity index is 671. The summed E-state index contributed by atoms with van der Waals surface area (Å²) in [6, 6.07) is 8.73. The second-order valence-electron chi connectivity index (χ2n) is 5.08. The Labute approximate surface area is 129 Å². The molecule has 22 heavy (non-hydrogen) atoms. The van der Waals surface area contributed by atoms with Gasteiger partial charge in [-0.15, -0.1) is 0 Å². The van der Waals surface area contributed by atoms with Gasteiger partial charge in [-0.3, -0.25) is 15.1 Å². The van der Waals surface area contributed by atoms with Crippen molar-refractivity contribution in [1.82, 2.24) is 4.98 Å². The van der Waals surface area contributed by atoms with Crippen LogP contribution in [0.1, 0.15) is 36.2 Å². The molecule has 5 nitrogen and oxygen atoms in total. The van der Waals surface area contributed by atoms with Crippen molar-refractivity contribution in [1.29, 1.82) is 5.41 Å². The molecule has 114 valence electrons. The summed E-state index contributed by atoms with van der Waals surface area (Å²) in [4.78, 5) is 14.9. The molecular formula is C17H19N3O2. The van der Waals surface area contributed by atoms with E-state index in [2.05, 4.69) is 4.98 Å². The predicted octanol–water partition coefficient (Wildman–Crippen LogP) is 3.73. The van der Waals surface area contributed by atoms with Gasteiger partial charge in [0.25, 0.3) is 5.69 Å². The highest BCUT2D eigenvalue weighted by atomic mass is 16.6. The van der Waals surface area contributed by atoms with Gasteiger partial charge in [0.2, 0.25) is 0 Å². The van der Waals surface area contributed by atoms with Crippen molar-refractivity contribution in [3.8, 4) is 0 Å². The maximum Gasteiger partial charge on any atom is 0.269 e. The molecule has 1 heterocycles. The maximum absolute atomic E-state index is 11.0. The zero-order chi connectivity index (χ0) is 16.1. The van der Waals surface area contributed by atoms with E-state index in [1.807, 2.05) is 32.0 Å². The topological polar surface area (TPSA) is 79.9 Å². The molecule has 2 aromatic rings. The first-order valence-corrected chi connectivity index (χ1v) is 7.34. The van der Waals surface area contributed by atoms with E-state index in [4.69, 9.17) is 5.41 Å². The molecule has 0 saturated heterocycles. The second kappa shape index (κ2) is 6.93. The van der Waals surface area contributed by atoms with Crippen LogP contribution in [0, 0.1) is 15.5 Å². The molecule has 0 radical (unpaired) electrons. The van der Waals surface area contributed by atoms with Crippen molar-refractivity contribution in [2.75, 3.05) is 0 Å². The number of nitro benzene ring substituents is 1. The van der Waals surface area contributed by atoms with Gasteiger partial charge in [-0.2, -0.15) is 0 Å². The van der Waals surface area contributed by atoms with Crippen molar-refractivity contribution < 1.29 is 4.92 Å². The zero-order valence-electron chi connectivity index (χ0n) is 12.8. The Morgan fingerprint density at radius 2 is 1.86 bits per heavy atom. The van der Waals surface area contributed by atoms with E-state index in [0.717, 1.165) is 16.7 Å². The number of hydrogen-bond acceptors (Lipinski definition) is 4. The van der Waals surface area contributed by atoms with E-state index in [-0.39, 0.29) is 10.6 Å². The normalized spacial score (nSPS) is 10.5. The highest BCUT2D eigenvalue weighted by molar-refractivity contribution is 5.98. The summed E-state index contributed by atoms with van der Waals surface area (Å²) in [7, 11) is 0. The van der Waals surface area contributed by atoms with Crippen molar-refractivity contribution in [3.05, 3.63) is 69.0 Å². The molecule has 0 aliphatic rings. The van der Waals surface area contributed by atoms with E-state index in [9.17, 15) is 10.1 Å². The lowest BCUT2D eigenvalue weighted by Gasteiger charge is -2.14. The summed E-state index contributed by atoms with van der Waals surface area (Å²) in [5.41, 5.74) is 4.09. The molecule has 0 saturated carbocycles. The van der Waals surface area contributed by atoms with E-state index in [1.165, 1.54) is 0 Å². The quantitative estimate of drug-likeness (QED) is 0.501. The maximum atomic E-state index is 11.0. The smallest absolute Gasteiger partial charge is 0.269 e. The zero-order valence-corrected chi connectivity index (χ0v) is 12.8. The van der Waals surface area contributed by atoms with Crippen LogP contribution in [0.25, 0.3) is 0 Å². The molecule has 0 aliphatic heterocycles. The van der Waals surface area contributed by atoms with Crippen LogP contribution in [0.4, 0.5) is 5.69 Å². The van der Waals surface area contributed by atoms with Gasteiger partial charge < -0.3 is 5.41 Å². The van der Waals surface area contributed by atoms with Crippen LogP contribution in [0.2, 0.25) is 0 Å². The first kappa shape index (κ1) is 15.8. The minimum Gasteiger partial charge on any atom is -0.303 e. The van der Waals surface area contributed by atoms with Gasteiger partial charge in [0.1, 0.15) is 0 Å². The SMILES string of the molecule is CCc1cc([N+](=O)[O-])cc(CC)c1CC(=N)c1ccccn1. The molecule has 0 spiro atoms. The number of nitro groups is 1. The monoisotopic (exact) mass is 297 g/mol. The van der Waals surface area contributed by atoms with Crippen LogP contribution in [0.15, 0.2) is 36.5 Å². The van der Waals surface area contributed by atoms with E-state index in [0.29, 0.717) is 30.7 Å². The number of pyridine rings is 1. The third-order valence-corrected chi connectivity index (χ3v) is 3.72. The van der Waals surface area contributed by atoms with E-state index >= 15 is 0 Å². The molecule has 0 unspecified atom stereocenters. The van der Waals surface area contributed by atoms with Gasteiger partial charge in [-0.25, -0.2) is 0 Å². The van der Waals surface area contributed by atoms with Gasteiger partial charge in [0.15, 0.2) is 0 Å². The number of benzene rings is 1. The van der Waals surface area contributed by atoms with Crippen molar-refractivity contribution in [3.63, 3.8) is 0 Å². The minimum absolute atomic E-state index is 0.127. The molecule has 0 fully saturated rings. The Balaban J connectivity index is 2.41. The van der Waals surface area contributed by atoms with Gasteiger partial charge >= 0.3 is 0 Å². The summed E-state index contributed by atoms with van der Waals surface area (Å²) in [6.45, 7) is 3.96. The molecule has 1 aromatic carbocycles. The van der Waals surface area contributed by atoms with Crippen LogP contribution in [-0.2, 0) is 19.3 Å². The van der Waals surface area contributed by atoms with Gasteiger partial charge in [-0.05, 0) is 41.7 Å². The molecular weight excluding hydrogens is 278 g/mol. The first-order valence-electron chi connectivity index (χ1n) is 7.34. The number of aromatic nitrogens is 1. The number of rotatable bonds is 6. The molecule has 1 N–H and O–H groups in total. The Morgan fingerprint density at radius 3 is 2.32 bits per heavy atom. The summed E-state index contributed by atoms with van der Waals surface area (Å²) >= 11 is 0. The van der Waals surface area contributed by atoms with E-state index < -0.39 is 0 Å². The fourth-order valence-corrected chi connectivity index (χ4v) is 2.55. The minimum atomic E-state index is -0.355. The fraction of sp³-hybridized carbons (Fsp3) is 0.294. The summed E-state index contributed by atoms with van der Waals surface area (Å²) < 4.78 is 0. The molecule has 2 rings (SSSR count). The lowest BCUT2D eigenvalue weighted by molar-refractivity contribution is -0.385. The van der Waals surface area contributed by atoms with Gasteiger partial charge in [-0.1, -0.05) is 19.9 Å². The fourth-order valence-electron chi connectivity index (χ4n) is 2.55. The Morgan fingerprint density at radius 1 is 1.23 bits per heavy atom. The van der Waals surface area contributed by atoms with Crippen LogP contribution in [0.3, 0.4) is 0 Å². The predicted molar refractivity (Wildman–Crippen MR) is 86.6 cm³/mol. The first-order chi connectivity index (χ1) is 10.6. The highest BCUT2D eigenvalue weighted by Gasteiger charge is 2.16. The molecule has 5 heteroatoms. The molecule has 0 bridgehead atoms. The average molecular weight is 297 g/mol. The number of nitrogens with one attached hydrogen (secondary N) is 1. The largest absolute Gasteiger partial charge is 0.303 e. The van der Waals surface area contributed by atoms with E-state index in [1.54, 1.807) is 18.3 Å². The summed E-state index contributed by atoms with van der Waals surface area (Å²) in [5, 5.41) is 19.3. The summed E-state index contributed by atoms with van der Waals surface area (Å²) in [5.74, 6) is 0. The van der Waals surface area contributed by atoms with Gasteiger partial charge in [0.05, 0.1) is 16.3 Å². The Kier molecular flexibility index (Phi) is 4.99. The van der Waals surface area contributed by atoms with Crippen molar-refractivity contribution >= 4 is 11.4 Å². The second-order valence-corrected chi connectivity index (χ2v) is 5.08. The van der Waals surface area contributed by atoms with Crippen LogP contribution >= 0.6 is 0 Å². The van der Waals surface area contributed by atoms with Crippen molar-refractivity contribution in [2.24, 2.45) is 0 Å². The number of nitrogens with zero attached hydrogens (tertiary/aromatic N) is 2. The highest BCUT2D eigenvalue weighted by Crippen LogP contribution is 2.25. The number of aryl methyl sites for hydroxylation is 2. The molecule has 1 aromatic heterocycles. The van der Waals surface area contributed by atoms with Crippen molar-refractivity contribution in [2.45, 2.75) is 33.1 Å². The lowest BCUT2D eigenvalue weighted by Crippen LogP contribution is -2.10. The standard InChI is InChI=1S/C17H19N3O2/c1-3-12-9-14(20(21)22)10-13(4-2)15(12)11-16(18)17-7-5-6-8-19-17/h5-10,18H,3-4,11H2,1-2H3. The lowest BCUT2D eigenvalue weighted by atomic mass is 9.92. The molecule has 0 amide bonds. The molecule has 0 aliphatic carbocycles. The summed E-state index contributed by atoms with van der Waals surface area (Å²) in [6.07, 6.45) is 3.53. The average Bonchev–Trinajstić information content (AvgIpc) is 2.55.